The topological polar surface area (TPSA) is 29.1 Å². The van der Waals surface area contributed by atoms with Crippen molar-refractivity contribution in [2.24, 2.45) is 0 Å². The van der Waals surface area contributed by atoms with Crippen LogP contribution in [0.5, 0.6) is 0 Å². The quantitative estimate of drug-likeness (QED) is 0.871. The minimum Gasteiger partial charge on any atom is -0.316 e. The highest BCUT2D eigenvalue weighted by atomic mass is 32.2. The second-order valence-electron chi connectivity index (χ2n) is 4.98. The summed E-state index contributed by atoms with van der Waals surface area (Å²) in [7, 11) is 0. The molecule has 0 spiro atoms. The first-order chi connectivity index (χ1) is 8.25. The van der Waals surface area contributed by atoms with E-state index >= 15 is 0 Å². The number of carbonyl (C=O) groups is 1. The summed E-state index contributed by atoms with van der Waals surface area (Å²) in [6.45, 7) is 4.38. The van der Waals surface area contributed by atoms with Crippen LogP contribution < -0.4 is 5.32 Å². The highest BCUT2D eigenvalue weighted by Gasteiger charge is 2.35. The van der Waals surface area contributed by atoms with Crippen molar-refractivity contribution < 1.29 is 4.79 Å². The third kappa shape index (κ3) is 1.72. The van der Waals surface area contributed by atoms with E-state index in [2.05, 4.69) is 30.4 Å². The van der Waals surface area contributed by atoms with Gasteiger partial charge in [-0.2, -0.15) is 0 Å². The number of rotatable bonds is 2. The molecule has 1 saturated heterocycles. The van der Waals surface area contributed by atoms with Gasteiger partial charge in [0.1, 0.15) is 0 Å². The first-order valence-corrected chi connectivity index (χ1v) is 7.25. The largest absolute Gasteiger partial charge is 0.316 e. The Kier molecular flexibility index (Phi) is 2.75. The van der Waals surface area contributed by atoms with Gasteiger partial charge in [0.2, 0.25) is 0 Å². The number of nitrogens with one attached hydrogen (secondary N) is 1. The van der Waals surface area contributed by atoms with Crippen molar-refractivity contribution in [1.29, 1.82) is 0 Å². The van der Waals surface area contributed by atoms with Crippen LogP contribution in [0.2, 0.25) is 0 Å². The summed E-state index contributed by atoms with van der Waals surface area (Å²) in [4.78, 5) is 13.0. The third-order valence-corrected chi connectivity index (χ3v) is 5.25. The lowest BCUT2D eigenvalue weighted by Gasteiger charge is -2.27. The van der Waals surface area contributed by atoms with Crippen molar-refractivity contribution in [2.45, 2.75) is 30.1 Å². The molecule has 2 heterocycles. The fraction of sp³-hybridized carbons (Fsp3) is 0.500. The van der Waals surface area contributed by atoms with Crippen molar-refractivity contribution >= 4 is 17.5 Å². The molecule has 2 aliphatic heterocycles. The van der Waals surface area contributed by atoms with Gasteiger partial charge in [-0.1, -0.05) is 13.0 Å². The molecule has 1 atom stereocenters. The van der Waals surface area contributed by atoms with Crippen molar-refractivity contribution in [3.05, 3.63) is 29.3 Å². The first-order valence-electron chi connectivity index (χ1n) is 6.26. The predicted molar refractivity (Wildman–Crippen MR) is 71.0 cm³/mol. The van der Waals surface area contributed by atoms with Gasteiger partial charge < -0.3 is 5.32 Å². The first kappa shape index (κ1) is 11.3. The number of ketones is 1. The number of hydrogen-bond donors (Lipinski definition) is 1. The SMILES string of the molecule is CCC1(c2ccc3c(c2)C(=O)CS3)CCNC1. The zero-order valence-electron chi connectivity index (χ0n) is 10.1. The maximum Gasteiger partial charge on any atom is 0.174 e. The van der Waals surface area contributed by atoms with Gasteiger partial charge in [-0.25, -0.2) is 0 Å². The van der Waals surface area contributed by atoms with Crippen molar-refractivity contribution in [3.8, 4) is 0 Å². The Morgan fingerprint density at radius 1 is 1.47 bits per heavy atom. The molecule has 2 aliphatic rings. The highest BCUT2D eigenvalue weighted by molar-refractivity contribution is 8.00. The van der Waals surface area contributed by atoms with E-state index in [0.29, 0.717) is 11.5 Å². The molecule has 1 aromatic carbocycles. The average Bonchev–Trinajstić information content (AvgIpc) is 2.97. The van der Waals surface area contributed by atoms with E-state index in [1.165, 1.54) is 12.0 Å². The zero-order chi connectivity index (χ0) is 11.9. The standard InChI is InChI=1S/C14H17NOS/c1-2-14(5-6-15-9-14)10-3-4-13-11(7-10)12(16)8-17-13/h3-4,7,15H,2,5-6,8-9H2,1H3. The van der Waals surface area contributed by atoms with Gasteiger partial charge in [0.25, 0.3) is 0 Å². The summed E-state index contributed by atoms with van der Waals surface area (Å²) in [5.74, 6) is 0.917. The van der Waals surface area contributed by atoms with Gasteiger partial charge in [0.05, 0.1) is 5.75 Å². The highest BCUT2D eigenvalue weighted by Crippen LogP contribution is 2.38. The van der Waals surface area contributed by atoms with Crippen LogP contribution in [0.1, 0.15) is 35.7 Å². The monoisotopic (exact) mass is 247 g/mol. The molecule has 0 radical (unpaired) electrons. The van der Waals surface area contributed by atoms with E-state index in [0.717, 1.165) is 30.0 Å². The van der Waals surface area contributed by atoms with Gasteiger partial charge in [-0.3, -0.25) is 4.79 Å². The molecule has 1 unspecified atom stereocenters. The van der Waals surface area contributed by atoms with Crippen molar-refractivity contribution in [2.75, 3.05) is 18.8 Å². The van der Waals surface area contributed by atoms with E-state index in [-0.39, 0.29) is 5.41 Å². The number of thioether (sulfide) groups is 1. The summed E-state index contributed by atoms with van der Waals surface area (Å²) in [5.41, 5.74) is 2.55. The Hall–Kier alpha value is -0.800. The Balaban J connectivity index is 2.04. The Morgan fingerprint density at radius 2 is 2.35 bits per heavy atom. The maximum atomic E-state index is 11.8. The lowest BCUT2D eigenvalue weighted by molar-refractivity contribution is 0.102. The smallest absolute Gasteiger partial charge is 0.174 e. The molecule has 0 bridgehead atoms. The maximum absolute atomic E-state index is 11.8. The van der Waals surface area contributed by atoms with E-state index in [4.69, 9.17) is 0 Å². The van der Waals surface area contributed by atoms with Crippen LogP contribution in [0.4, 0.5) is 0 Å². The molecule has 3 heteroatoms. The molecule has 0 aromatic heterocycles. The van der Waals surface area contributed by atoms with Gasteiger partial charge in [-0.05, 0) is 37.1 Å². The summed E-state index contributed by atoms with van der Waals surface area (Å²) in [5, 5.41) is 3.45. The predicted octanol–water partition coefficient (Wildman–Crippen LogP) is 2.62. The second kappa shape index (κ2) is 4.14. The molecule has 1 fully saturated rings. The molecule has 90 valence electrons. The number of hydrogen-bond acceptors (Lipinski definition) is 3. The number of fused-ring (bicyclic) bond motifs is 1. The summed E-state index contributed by atoms with van der Waals surface area (Å²) in [6, 6.07) is 6.51. The Labute approximate surface area is 106 Å². The van der Waals surface area contributed by atoms with Crippen LogP contribution in [-0.2, 0) is 5.41 Å². The fourth-order valence-electron chi connectivity index (χ4n) is 2.92. The molecule has 2 nitrogen and oxygen atoms in total. The molecular weight excluding hydrogens is 230 g/mol. The van der Waals surface area contributed by atoms with Crippen LogP contribution in [0.3, 0.4) is 0 Å². The molecule has 3 rings (SSSR count). The van der Waals surface area contributed by atoms with E-state index in [9.17, 15) is 4.79 Å². The zero-order valence-corrected chi connectivity index (χ0v) is 10.9. The van der Waals surface area contributed by atoms with Crippen molar-refractivity contribution in [1.82, 2.24) is 5.32 Å². The van der Waals surface area contributed by atoms with Gasteiger partial charge in [-0.15, -0.1) is 11.8 Å². The minimum absolute atomic E-state index is 0.253. The van der Waals surface area contributed by atoms with Crippen molar-refractivity contribution in [3.63, 3.8) is 0 Å². The molecule has 0 amide bonds. The van der Waals surface area contributed by atoms with E-state index in [1.807, 2.05) is 0 Å². The summed E-state index contributed by atoms with van der Waals surface area (Å²) >= 11 is 1.67. The normalized spacial score (nSPS) is 27.5. The fourth-order valence-corrected chi connectivity index (χ4v) is 3.86. The summed E-state index contributed by atoms with van der Waals surface area (Å²) < 4.78 is 0. The summed E-state index contributed by atoms with van der Waals surface area (Å²) in [6.07, 6.45) is 2.32. The molecule has 0 saturated carbocycles. The second-order valence-corrected chi connectivity index (χ2v) is 6.00. The molecule has 1 N–H and O–H groups in total. The van der Waals surface area contributed by atoms with E-state index < -0.39 is 0 Å². The molecular formula is C14H17NOS. The Morgan fingerprint density at radius 3 is 3.06 bits per heavy atom. The van der Waals surface area contributed by atoms with Crippen LogP contribution in [0.15, 0.2) is 23.1 Å². The molecule has 0 aliphatic carbocycles. The van der Waals surface area contributed by atoms with Crippen LogP contribution in [0, 0.1) is 0 Å². The third-order valence-electron chi connectivity index (χ3n) is 4.17. The van der Waals surface area contributed by atoms with Crippen LogP contribution in [0.25, 0.3) is 0 Å². The number of Topliss-reactive ketones (excluding diaryl/α,β-unsaturated/α-hetero) is 1. The minimum atomic E-state index is 0.253. The molecule has 17 heavy (non-hydrogen) atoms. The van der Waals surface area contributed by atoms with E-state index in [1.54, 1.807) is 11.8 Å². The number of benzene rings is 1. The van der Waals surface area contributed by atoms with Gasteiger partial charge in [0.15, 0.2) is 5.78 Å². The van der Waals surface area contributed by atoms with Crippen LogP contribution >= 0.6 is 11.8 Å². The number of carbonyl (C=O) groups excluding carboxylic acids is 1. The lowest BCUT2D eigenvalue weighted by Crippen LogP contribution is -2.28. The van der Waals surface area contributed by atoms with Crippen LogP contribution in [-0.4, -0.2) is 24.6 Å². The Bertz CT molecular complexity index is 463. The van der Waals surface area contributed by atoms with Gasteiger partial charge >= 0.3 is 0 Å². The molecule has 1 aromatic rings. The lowest BCUT2D eigenvalue weighted by atomic mass is 9.77. The average molecular weight is 247 g/mol. The van der Waals surface area contributed by atoms with Gasteiger partial charge in [0, 0.05) is 22.4 Å².